The van der Waals surface area contributed by atoms with E-state index in [4.69, 9.17) is 0 Å². The Bertz CT molecular complexity index is 267. The van der Waals surface area contributed by atoms with E-state index in [0.29, 0.717) is 0 Å². The number of esters is 2. The summed E-state index contributed by atoms with van der Waals surface area (Å²) >= 11 is 0. The number of rotatable bonds is 5. The summed E-state index contributed by atoms with van der Waals surface area (Å²) in [6.07, 6.45) is 0. The van der Waals surface area contributed by atoms with E-state index in [1.807, 2.05) is 0 Å². The van der Waals surface area contributed by atoms with Crippen LogP contribution < -0.4 is 0 Å². The lowest BCUT2D eigenvalue weighted by Crippen LogP contribution is -2.41. The van der Waals surface area contributed by atoms with Crippen molar-refractivity contribution in [3.8, 4) is 0 Å². The zero-order valence-electron chi connectivity index (χ0n) is 9.20. The van der Waals surface area contributed by atoms with Crippen LogP contribution >= 0.6 is 0 Å². The zero-order chi connectivity index (χ0) is 12.1. The number of hydrogen-bond donors (Lipinski definition) is 1. The summed E-state index contributed by atoms with van der Waals surface area (Å²) in [5.41, 5.74) is -2.37. The maximum absolute atomic E-state index is 11.3. The van der Waals surface area contributed by atoms with Crippen LogP contribution in [0.1, 0.15) is 20.8 Å². The van der Waals surface area contributed by atoms with Crippen LogP contribution in [0, 0.1) is 0 Å². The standard InChI is InChI=1S/C10H16O5/c1-5-14-8(11)7(3)10(4,13)9(12)15-6-2/h13H,3,5-6H2,1-2,4H3. The second-order valence-corrected chi connectivity index (χ2v) is 2.99. The second kappa shape index (κ2) is 5.50. The number of hydrogen-bond acceptors (Lipinski definition) is 5. The SMILES string of the molecule is C=C(C(=O)OCC)C(C)(O)C(=O)OCC. The van der Waals surface area contributed by atoms with Crippen LogP contribution in [0.2, 0.25) is 0 Å². The normalized spacial score (nSPS) is 13.9. The molecule has 1 unspecified atom stereocenters. The van der Waals surface area contributed by atoms with E-state index in [1.54, 1.807) is 13.8 Å². The van der Waals surface area contributed by atoms with Crippen molar-refractivity contribution in [1.29, 1.82) is 0 Å². The minimum absolute atomic E-state index is 0.116. The number of aliphatic hydroxyl groups is 1. The Morgan fingerprint density at radius 2 is 1.73 bits per heavy atom. The van der Waals surface area contributed by atoms with Gasteiger partial charge in [-0.3, -0.25) is 0 Å². The first-order valence-electron chi connectivity index (χ1n) is 4.64. The maximum Gasteiger partial charge on any atom is 0.342 e. The molecule has 0 heterocycles. The average Bonchev–Trinajstić information content (AvgIpc) is 2.17. The number of carbonyl (C=O) groups is 2. The summed E-state index contributed by atoms with van der Waals surface area (Å²) in [5.74, 6) is -1.72. The fraction of sp³-hybridized carbons (Fsp3) is 0.600. The van der Waals surface area contributed by atoms with E-state index >= 15 is 0 Å². The molecule has 0 bridgehead atoms. The summed E-state index contributed by atoms with van der Waals surface area (Å²) in [7, 11) is 0. The molecule has 5 nitrogen and oxygen atoms in total. The highest BCUT2D eigenvalue weighted by Gasteiger charge is 2.39. The van der Waals surface area contributed by atoms with Crippen LogP contribution in [0.25, 0.3) is 0 Å². The summed E-state index contributed by atoms with van der Waals surface area (Å²) in [4.78, 5) is 22.5. The van der Waals surface area contributed by atoms with Gasteiger partial charge in [0.2, 0.25) is 0 Å². The van der Waals surface area contributed by atoms with Crippen molar-refractivity contribution in [1.82, 2.24) is 0 Å². The Morgan fingerprint density at radius 1 is 1.27 bits per heavy atom. The van der Waals surface area contributed by atoms with Crippen LogP contribution in [0.4, 0.5) is 0 Å². The van der Waals surface area contributed by atoms with Crippen molar-refractivity contribution < 1.29 is 24.2 Å². The quantitative estimate of drug-likeness (QED) is 0.532. The molecule has 0 saturated heterocycles. The molecule has 0 aromatic rings. The maximum atomic E-state index is 11.3. The largest absolute Gasteiger partial charge is 0.464 e. The summed E-state index contributed by atoms with van der Waals surface area (Å²) in [5, 5.41) is 9.70. The van der Waals surface area contributed by atoms with Gasteiger partial charge in [-0.05, 0) is 20.8 Å². The van der Waals surface area contributed by atoms with Crippen molar-refractivity contribution in [2.75, 3.05) is 13.2 Å². The van der Waals surface area contributed by atoms with E-state index in [0.717, 1.165) is 6.92 Å². The average molecular weight is 216 g/mol. The number of ether oxygens (including phenoxy) is 2. The highest BCUT2D eigenvalue weighted by Crippen LogP contribution is 2.18. The molecule has 0 aromatic carbocycles. The predicted molar refractivity (Wildman–Crippen MR) is 53.0 cm³/mol. The van der Waals surface area contributed by atoms with E-state index in [2.05, 4.69) is 16.1 Å². The molecule has 0 aromatic heterocycles. The lowest BCUT2D eigenvalue weighted by molar-refractivity contribution is -0.162. The lowest BCUT2D eigenvalue weighted by Gasteiger charge is -2.21. The molecule has 0 aliphatic carbocycles. The third kappa shape index (κ3) is 3.36. The Labute approximate surface area is 88.7 Å². The molecule has 0 amide bonds. The van der Waals surface area contributed by atoms with Crippen molar-refractivity contribution in [3.05, 3.63) is 12.2 Å². The topological polar surface area (TPSA) is 72.8 Å². The monoisotopic (exact) mass is 216 g/mol. The summed E-state index contributed by atoms with van der Waals surface area (Å²) < 4.78 is 9.21. The van der Waals surface area contributed by atoms with Crippen LogP contribution in [-0.2, 0) is 19.1 Å². The minimum atomic E-state index is -2.04. The van der Waals surface area contributed by atoms with Crippen molar-refractivity contribution in [2.45, 2.75) is 26.4 Å². The van der Waals surface area contributed by atoms with Gasteiger partial charge in [0.1, 0.15) is 0 Å². The first-order chi connectivity index (χ1) is 6.87. The van der Waals surface area contributed by atoms with Crippen molar-refractivity contribution >= 4 is 11.9 Å². The summed E-state index contributed by atoms with van der Waals surface area (Å²) in [6.45, 7) is 7.95. The fourth-order valence-electron chi connectivity index (χ4n) is 0.812. The molecule has 0 aliphatic heterocycles. The molecule has 0 saturated carbocycles. The van der Waals surface area contributed by atoms with Crippen LogP contribution in [-0.4, -0.2) is 35.9 Å². The van der Waals surface area contributed by atoms with Gasteiger partial charge in [0.15, 0.2) is 5.60 Å². The molecule has 15 heavy (non-hydrogen) atoms. The Morgan fingerprint density at radius 3 is 2.13 bits per heavy atom. The molecule has 5 heteroatoms. The van der Waals surface area contributed by atoms with Gasteiger partial charge in [0.05, 0.1) is 18.8 Å². The van der Waals surface area contributed by atoms with Gasteiger partial charge in [-0.1, -0.05) is 6.58 Å². The third-order valence-electron chi connectivity index (χ3n) is 1.78. The van der Waals surface area contributed by atoms with Gasteiger partial charge in [-0.15, -0.1) is 0 Å². The van der Waals surface area contributed by atoms with Crippen LogP contribution in [0.15, 0.2) is 12.2 Å². The van der Waals surface area contributed by atoms with E-state index in [9.17, 15) is 14.7 Å². The lowest BCUT2D eigenvalue weighted by atomic mass is 9.97. The van der Waals surface area contributed by atoms with E-state index in [1.165, 1.54) is 0 Å². The molecule has 0 radical (unpaired) electrons. The molecule has 0 fully saturated rings. The molecular formula is C10H16O5. The first kappa shape index (κ1) is 13.6. The van der Waals surface area contributed by atoms with Gasteiger partial charge >= 0.3 is 11.9 Å². The van der Waals surface area contributed by atoms with Crippen LogP contribution in [0.3, 0.4) is 0 Å². The molecule has 0 spiro atoms. The predicted octanol–water partition coefficient (Wildman–Crippen LogP) is 0.420. The third-order valence-corrected chi connectivity index (χ3v) is 1.78. The van der Waals surface area contributed by atoms with Crippen molar-refractivity contribution in [2.24, 2.45) is 0 Å². The second-order valence-electron chi connectivity index (χ2n) is 2.99. The number of carbonyl (C=O) groups excluding carboxylic acids is 2. The highest BCUT2D eigenvalue weighted by molar-refractivity contribution is 5.99. The minimum Gasteiger partial charge on any atom is -0.464 e. The highest BCUT2D eigenvalue weighted by atomic mass is 16.6. The van der Waals surface area contributed by atoms with E-state index < -0.39 is 17.5 Å². The molecule has 86 valence electrons. The fourth-order valence-corrected chi connectivity index (χ4v) is 0.812. The molecule has 1 atom stereocenters. The van der Waals surface area contributed by atoms with Gasteiger partial charge in [0.25, 0.3) is 0 Å². The molecule has 1 N–H and O–H groups in total. The molecule has 0 aliphatic rings. The Kier molecular flexibility index (Phi) is 5.00. The smallest absolute Gasteiger partial charge is 0.342 e. The first-order valence-corrected chi connectivity index (χ1v) is 4.64. The Balaban J connectivity index is 4.64. The zero-order valence-corrected chi connectivity index (χ0v) is 9.20. The van der Waals surface area contributed by atoms with Gasteiger partial charge < -0.3 is 14.6 Å². The summed E-state index contributed by atoms with van der Waals surface area (Å²) in [6, 6.07) is 0. The molecular weight excluding hydrogens is 200 g/mol. The van der Waals surface area contributed by atoms with E-state index in [-0.39, 0.29) is 18.8 Å². The van der Waals surface area contributed by atoms with Gasteiger partial charge in [0, 0.05) is 0 Å². The van der Waals surface area contributed by atoms with Gasteiger partial charge in [-0.2, -0.15) is 0 Å². The molecule has 0 rings (SSSR count). The van der Waals surface area contributed by atoms with Crippen molar-refractivity contribution in [3.63, 3.8) is 0 Å². The van der Waals surface area contributed by atoms with Gasteiger partial charge in [-0.25, -0.2) is 9.59 Å². The Hall–Kier alpha value is -1.36. The van der Waals surface area contributed by atoms with Crippen LogP contribution in [0.5, 0.6) is 0 Å².